The van der Waals surface area contributed by atoms with Gasteiger partial charge in [0.1, 0.15) is 0 Å². The lowest BCUT2D eigenvalue weighted by Crippen LogP contribution is -2.02. The highest BCUT2D eigenvalue weighted by molar-refractivity contribution is 6.42. The Balaban J connectivity index is 2.54. The zero-order valence-electron chi connectivity index (χ0n) is 8.82. The highest BCUT2D eigenvalue weighted by Gasteiger charge is 2.13. The van der Waals surface area contributed by atoms with Crippen LogP contribution < -0.4 is 0 Å². The van der Waals surface area contributed by atoms with Gasteiger partial charge in [0, 0.05) is 5.56 Å². The lowest BCUT2D eigenvalue weighted by atomic mass is 10.1. The van der Waals surface area contributed by atoms with E-state index in [4.69, 9.17) is 28.3 Å². The number of carboxylic acid groups (broad SMARTS) is 1. The molecule has 0 aliphatic carbocycles. The van der Waals surface area contributed by atoms with Gasteiger partial charge in [0.2, 0.25) is 0 Å². The molecule has 92 valence electrons. The standard InChI is InChI=1S/C12H6Cl2FNO2/c13-8-2-1-6(3-9(8)14)11-4-7(12(17)18)10(15)5-16-11/h1-5H,(H,17,18). The predicted molar refractivity (Wildman–Crippen MR) is 66.6 cm³/mol. The summed E-state index contributed by atoms with van der Waals surface area (Å²) in [5.41, 5.74) is 0.435. The average Bonchev–Trinajstić information content (AvgIpc) is 2.33. The van der Waals surface area contributed by atoms with Crippen molar-refractivity contribution in [3.63, 3.8) is 0 Å². The summed E-state index contributed by atoms with van der Waals surface area (Å²) in [5, 5.41) is 9.51. The predicted octanol–water partition coefficient (Wildman–Crippen LogP) is 3.89. The van der Waals surface area contributed by atoms with Crippen LogP contribution in [0.25, 0.3) is 11.3 Å². The molecule has 0 aliphatic rings. The maximum atomic E-state index is 13.2. The molecule has 1 aromatic carbocycles. The number of carboxylic acids is 1. The molecule has 2 rings (SSSR count). The number of pyridine rings is 1. The molecule has 0 radical (unpaired) electrons. The van der Waals surface area contributed by atoms with Crippen LogP contribution in [0, 0.1) is 5.82 Å². The van der Waals surface area contributed by atoms with Crippen LogP contribution in [-0.4, -0.2) is 16.1 Å². The Bertz CT molecular complexity index is 631. The first-order valence-electron chi connectivity index (χ1n) is 4.83. The molecule has 0 bridgehead atoms. The summed E-state index contributed by atoms with van der Waals surface area (Å²) in [4.78, 5) is 14.6. The van der Waals surface area contributed by atoms with Crippen LogP contribution in [0.1, 0.15) is 10.4 Å². The molecule has 0 spiro atoms. The van der Waals surface area contributed by atoms with Gasteiger partial charge in [-0.15, -0.1) is 0 Å². The molecule has 2 aromatic rings. The van der Waals surface area contributed by atoms with Crippen LogP contribution in [0.4, 0.5) is 4.39 Å². The van der Waals surface area contributed by atoms with E-state index in [9.17, 15) is 9.18 Å². The molecular formula is C12H6Cl2FNO2. The second-order valence-corrected chi connectivity index (χ2v) is 4.30. The molecule has 0 saturated heterocycles. The van der Waals surface area contributed by atoms with Crippen LogP contribution in [0.15, 0.2) is 30.5 Å². The fourth-order valence-corrected chi connectivity index (χ4v) is 1.71. The Hall–Kier alpha value is -1.65. The summed E-state index contributed by atoms with van der Waals surface area (Å²) in [6.07, 6.45) is 0.862. The second-order valence-electron chi connectivity index (χ2n) is 3.48. The number of benzene rings is 1. The van der Waals surface area contributed by atoms with E-state index in [0.717, 1.165) is 12.3 Å². The summed E-state index contributed by atoms with van der Waals surface area (Å²) in [7, 11) is 0. The largest absolute Gasteiger partial charge is 0.478 e. The number of hydrogen-bond acceptors (Lipinski definition) is 2. The molecule has 18 heavy (non-hydrogen) atoms. The van der Waals surface area contributed by atoms with Gasteiger partial charge < -0.3 is 5.11 Å². The number of rotatable bonds is 2. The van der Waals surface area contributed by atoms with Crippen LogP contribution in [0.3, 0.4) is 0 Å². The number of carbonyl (C=O) groups is 1. The van der Waals surface area contributed by atoms with Crippen molar-refractivity contribution in [2.45, 2.75) is 0 Å². The van der Waals surface area contributed by atoms with E-state index in [-0.39, 0.29) is 0 Å². The van der Waals surface area contributed by atoms with Crippen molar-refractivity contribution < 1.29 is 14.3 Å². The Morgan fingerprint density at radius 1 is 1.22 bits per heavy atom. The van der Waals surface area contributed by atoms with Crippen LogP contribution in [0.2, 0.25) is 10.0 Å². The van der Waals surface area contributed by atoms with Gasteiger partial charge >= 0.3 is 5.97 Å². The molecule has 6 heteroatoms. The fraction of sp³-hybridized carbons (Fsp3) is 0. The molecule has 3 nitrogen and oxygen atoms in total. The topological polar surface area (TPSA) is 50.2 Å². The van der Waals surface area contributed by atoms with E-state index >= 15 is 0 Å². The number of halogens is 3. The normalized spacial score (nSPS) is 10.4. The third-order valence-corrected chi connectivity index (χ3v) is 3.04. The number of aromatic carboxylic acids is 1. The summed E-state index contributed by atoms with van der Waals surface area (Å²) >= 11 is 11.6. The zero-order chi connectivity index (χ0) is 13.3. The molecule has 0 unspecified atom stereocenters. The monoisotopic (exact) mass is 285 g/mol. The zero-order valence-corrected chi connectivity index (χ0v) is 10.3. The van der Waals surface area contributed by atoms with E-state index in [2.05, 4.69) is 4.98 Å². The van der Waals surface area contributed by atoms with Gasteiger partial charge in [-0.3, -0.25) is 4.98 Å². The van der Waals surface area contributed by atoms with Gasteiger partial charge in [-0.05, 0) is 18.2 Å². The minimum absolute atomic E-state index is 0.312. The lowest BCUT2D eigenvalue weighted by molar-refractivity contribution is 0.0691. The number of nitrogens with zero attached hydrogens (tertiary/aromatic N) is 1. The van der Waals surface area contributed by atoms with Gasteiger partial charge in [-0.2, -0.15) is 0 Å². The maximum Gasteiger partial charge on any atom is 0.338 e. The first-order valence-corrected chi connectivity index (χ1v) is 5.59. The van der Waals surface area contributed by atoms with Crippen LogP contribution in [0.5, 0.6) is 0 Å². The van der Waals surface area contributed by atoms with Crippen LogP contribution in [-0.2, 0) is 0 Å². The summed E-state index contributed by atoms with van der Waals surface area (Å²) in [5.74, 6) is -2.23. The second kappa shape index (κ2) is 4.92. The molecule has 0 aliphatic heterocycles. The molecule has 1 heterocycles. The van der Waals surface area contributed by atoms with Crippen molar-refractivity contribution in [1.29, 1.82) is 0 Å². The van der Waals surface area contributed by atoms with Crippen molar-refractivity contribution in [3.05, 3.63) is 51.9 Å². The van der Waals surface area contributed by atoms with Crippen molar-refractivity contribution in [3.8, 4) is 11.3 Å². The van der Waals surface area contributed by atoms with E-state index < -0.39 is 17.3 Å². The summed E-state index contributed by atoms with van der Waals surface area (Å²) in [6.45, 7) is 0. The van der Waals surface area contributed by atoms with E-state index in [1.165, 1.54) is 6.07 Å². The minimum Gasteiger partial charge on any atom is -0.478 e. The Morgan fingerprint density at radius 2 is 1.94 bits per heavy atom. The summed E-state index contributed by atoms with van der Waals surface area (Å²) in [6, 6.07) is 5.87. The Labute approximate surface area is 112 Å². The Morgan fingerprint density at radius 3 is 2.56 bits per heavy atom. The van der Waals surface area contributed by atoms with E-state index in [1.54, 1.807) is 12.1 Å². The van der Waals surface area contributed by atoms with Crippen LogP contribution >= 0.6 is 23.2 Å². The molecule has 0 saturated carbocycles. The van der Waals surface area contributed by atoms with Gasteiger partial charge in [-0.25, -0.2) is 9.18 Å². The molecular weight excluding hydrogens is 280 g/mol. The lowest BCUT2D eigenvalue weighted by Gasteiger charge is -2.04. The maximum absolute atomic E-state index is 13.2. The third-order valence-electron chi connectivity index (χ3n) is 2.30. The quantitative estimate of drug-likeness (QED) is 0.911. The highest BCUT2D eigenvalue weighted by Crippen LogP contribution is 2.28. The molecule has 0 fully saturated rings. The van der Waals surface area contributed by atoms with Gasteiger partial charge in [0.05, 0.1) is 27.5 Å². The number of aromatic nitrogens is 1. The fourth-order valence-electron chi connectivity index (χ4n) is 1.42. The third kappa shape index (κ3) is 2.44. The molecule has 0 atom stereocenters. The van der Waals surface area contributed by atoms with E-state index in [0.29, 0.717) is 21.3 Å². The van der Waals surface area contributed by atoms with E-state index in [1.807, 2.05) is 0 Å². The molecule has 1 aromatic heterocycles. The van der Waals surface area contributed by atoms with Crippen molar-refractivity contribution in [1.82, 2.24) is 4.98 Å². The average molecular weight is 286 g/mol. The molecule has 1 N–H and O–H groups in total. The molecule has 0 amide bonds. The number of hydrogen-bond donors (Lipinski definition) is 1. The minimum atomic E-state index is -1.35. The van der Waals surface area contributed by atoms with Crippen molar-refractivity contribution in [2.24, 2.45) is 0 Å². The highest BCUT2D eigenvalue weighted by atomic mass is 35.5. The smallest absolute Gasteiger partial charge is 0.338 e. The SMILES string of the molecule is O=C(O)c1cc(-c2ccc(Cl)c(Cl)c2)ncc1F. The van der Waals surface area contributed by atoms with Gasteiger partial charge in [0.25, 0.3) is 0 Å². The van der Waals surface area contributed by atoms with Gasteiger partial charge in [0.15, 0.2) is 5.82 Å². The first-order chi connectivity index (χ1) is 8.49. The summed E-state index contributed by atoms with van der Waals surface area (Å²) < 4.78 is 13.2. The first kappa shape index (κ1) is 12.8. The van der Waals surface area contributed by atoms with Crippen molar-refractivity contribution in [2.75, 3.05) is 0 Å². The Kier molecular flexibility index (Phi) is 3.50. The van der Waals surface area contributed by atoms with Crippen molar-refractivity contribution >= 4 is 29.2 Å². The van der Waals surface area contributed by atoms with Gasteiger partial charge in [-0.1, -0.05) is 29.3 Å².